The molecule has 0 aliphatic heterocycles. The Morgan fingerprint density at radius 2 is 1.74 bits per heavy atom. The Hall–Kier alpha value is -2.42. The summed E-state index contributed by atoms with van der Waals surface area (Å²) in [5.74, 6) is 0. The molecule has 3 rings (SSSR count). The smallest absolute Gasteiger partial charge is 0.113 e. The summed E-state index contributed by atoms with van der Waals surface area (Å²) in [5.41, 5.74) is 3.32. The first-order chi connectivity index (χ1) is 9.43. The monoisotopic (exact) mass is 249 g/mol. The number of allylic oxidation sites excluding steroid dienone is 1. The third kappa shape index (κ3) is 2.71. The van der Waals surface area contributed by atoms with Crippen LogP contribution in [-0.2, 0) is 6.42 Å². The van der Waals surface area contributed by atoms with Crippen molar-refractivity contribution in [3.63, 3.8) is 0 Å². The molecule has 2 aromatic carbocycles. The number of rotatable bonds is 4. The summed E-state index contributed by atoms with van der Waals surface area (Å²) >= 11 is 0. The van der Waals surface area contributed by atoms with E-state index in [1.807, 2.05) is 41.2 Å². The van der Waals surface area contributed by atoms with Crippen LogP contribution in [0.2, 0.25) is 0 Å². The minimum Gasteiger partial charge on any atom is -0.220 e. The second-order valence-electron chi connectivity index (χ2n) is 4.43. The molecule has 0 atom stereocenters. The Bertz CT molecular complexity index is 683. The quantitative estimate of drug-likeness (QED) is 0.708. The highest BCUT2D eigenvalue weighted by Crippen LogP contribution is 2.10. The molecular weight excluding hydrogens is 234 g/mol. The fourth-order valence-corrected chi connectivity index (χ4v) is 2.07. The van der Waals surface area contributed by atoms with Crippen LogP contribution in [0, 0.1) is 0 Å². The lowest BCUT2D eigenvalue weighted by molar-refractivity contribution is 0.856. The summed E-state index contributed by atoms with van der Waals surface area (Å²) in [6, 6.07) is 18.5. The van der Waals surface area contributed by atoms with Crippen molar-refractivity contribution in [2.24, 2.45) is 0 Å². The van der Waals surface area contributed by atoms with E-state index >= 15 is 0 Å². The van der Waals surface area contributed by atoms with Crippen molar-refractivity contribution in [2.75, 3.05) is 0 Å². The summed E-state index contributed by atoms with van der Waals surface area (Å²) in [7, 11) is 0. The van der Waals surface area contributed by atoms with E-state index in [-0.39, 0.29) is 0 Å². The van der Waals surface area contributed by atoms with Crippen LogP contribution in [0.5, 0.6) is 0 Å². The van der Waals surface area contributed by atoms with Crippen LogP contribution < -0.4 is 0 Å². The van der Waals surface area contributed by atoms with Gasteiger partial charge in [0.15, 0.2) is 0 Å². The molecule has 3 aromatic rings. The zero-order chi connectivity index (χ0) is 12.9. The molecule has 0 amide bonds. The summed E-state index contributed by atoms with van der Waals surface area (Å²) < 4.78 is 1.82. The number of aromatic nitrogens is 3. The molecule has 0 fully saturated rings. The van der Waals surface area contributed by atoms with E-state index < -0.39 is 0 Å². The summed E-state index contributed by atoms with van der Waals surface area (Å²) in [4.78, 5) is 0. The molecule has 0 aliphatic carbocycles. The van der Waals surface area contributed by atoms with Gasteiger partial charge in [0.05, 0.1) is 5.52 Å². The number of aryl methyl sites for hydroxylation is 1. The van der Waals surface area contributed by atoms with Gasteiger partial charge in [-0.05, 0) is 30.5 Å². The lowest BCUT2D eigenvalue weighted by atomic mass is 10.1. The zero-order valence-corrected chi connectivity index (χ0v) is 10.6. The van der Waals surface area contributed by atoms with Crippen LogP contribution in [0.4, 0.5) is 0 Å². The largest absolute Gasteiger partial charge is 0.220 e. The maximum atomic E-state index is 4.12. The molecule has 94 valence electrons. The predicted molar refractivity (Wildman–Crippen MR) is 77.6 cm³/mol. The SMILES string of the molecule is C(=C\n1nnc2ccccc21)/CCc1ccccc1. The van der Waals surface area contributed by atoms with E-state index in [0.717, 1.165) is 23.9 Å². The first kappa shape index (κ1) is 11.7. The molecule has 0 saturated carbocycles. The first-order valence-electron chi connectivity index (χ1n) is 6.44. The Kier molecular flexibility index (Phi) is 3.36. The fourth-order valence-electron chi connectivity index (χ4n) is 2.07. The van der Waals surface area contributed by atoms with Gasteiger partial charge in [-0.3, -0.25) is 0 Å². The standard InChI is InChI=1S/C16H15N3/c1-2-8-14(9-3-1)10-6-7-13-19-16-12-5-4-11-15(16)17-18-19/h1-5,7-9,11-13H,6,10H2/b13-7+. The van der Waals surface area contributed by atoms with Crippen molar-refractivity contribution in [3.8, 4) is 0 Å². The second-order valence-corrected chi connectivity index (χ2v) is 4.43. The maximum Gasteiger partial charge on any atom is 0.113 e. The van der Waals surface area contributed by atoms with E-state index in [0.29, 0.717) is 0 Å². The third-order valence-electron chi connectivity index (χ3n) is 3.07. The van der Waals surface area contributed by atoms with Gasteiger partial charge < -0.3 is 0 Å². The molecule has 0 spiro atoms. The van der Waals surface area contributed by atoms with E-state index in [1.165, 1.54) is 5.56 Å². The third-order valence-corrected chi connectivity index (χ3v) is 3.07. The minimum atomic E-state index is 0.926. The van der Waals surface area contributed by atoms with E-state index in [4.69, 9.17) is 0 Å². The Morgan fingerprint density at radius 3 is 2.63 bits per heavy atom. The van der Waals surface area contributed by atoms with Crippen LogP contribution in [0.15, 0.2) is 60.7 Å². The lowest BCUT2D eigenvalue weighted by Crippen LogP contribution is -1.89. The minimum absolute atomic E-state index is 0.926. The van der Waals surface area contributed by atoms with Crippen molar-refractivity contribution < 1.29 is 0 Å². The molecule has 1 heterocycles. The summed E-state index contributed by atoms with van der Waals surface area (Å²) in [6.45, 7) is 0. The summed E-state index contributed by atoms with van der Waals surface area (Å²) in [6.07, 6.45) is 6.16. The van der Waals surface area contributed by atoms with Gasteiger partial charge in [-0.2, -0.15) is 0 Å². The van der Waals surface area contributed by atoms with Crippen LogP contribution >= 0.6 is 0 Å². The highest BCUT2D eigenvalue weighted by atomic mass is 15.4. The molecule has 19 heavy (non-hydrogen) atoms. The number of para-hydroxylation sites is 1. The average Bonchev–Trinajstić information content (AvgIpc) is 2.88. The molecule has 0 N–H and O–H groups in total. The number of benzene rings is 2. The lowest BCUT2D eigenvalue weighted by Gasteiger charge is -1.97. The van der Waals surface area contributed by atoms with Gasteiger partial charge in [0.2, 0.25) is 0 Å². The Labute approximate surface area is 112 Å². The molecule has 0 aliphatic rings. The van der Waals surface area contributed by atoms with Crippen LogP contribution in [-0.4, -0.2) is 15.0 Å². The normalized spacial score (nSPS) is 11.4. The van der Waals surface area contributed by atoms with Gasteiger partial charge in [0.1, 0.15) is 5.52 Å². The highest BCUT2D eigenvalue weighted by Gasteiger charge is 1.98. The first-order valence-corrected chi connectivity index (χ1v) is 6.44. The number of fused-ring (bicyclic) bond motifs is 1. The van der Waals surface area contributed by atoms with Crippen LogP contribution in [0.3, 0.4) is 0 Å². The van der Waals surface area contributed by atoms with Crippen molar-refractivity contribution in [1.29, 1.82) is 0 Å². The predicted octanol–water partition coefficient (Wildman–Crippen LogP) is 3.53. The summed E-state index contributed by atoms with van der Waals surface area (Å²) in [5, 5.41) is 8.24. The average molecular weight is 249 g/mol. The number of nitrogens with zero attached hydrogens (tertiary/aromatic N) is 3. The van der Waals surface area contributed by atoms with Gasteiger partial charge in [0.25, 0.3) is 0 Å². The molecule has 0 saturated heterocycles. The number of hydrogen-bond acceptors (Lipinski definition) is 2. The molecule has 0 unspecified atom stereocenters. The molecule has 1 aromatic heterocycles. The zero-order valence-electron chi connectivity index (χ0n) is 10.6. The van der Waals surface area contributed by atoms with Gasteiger partial charge in [-0.25, -0.2) is 4.68 Å². The van der Waals surface area contributed by atoms with Crippen molar-refractivity contribution in [1.82, 2.24) is 15.0 Å². The molecule has 0 bridgehead atoms. The van der Waals surface area contributed by atoms with Crippen molar-refractivity contribution in [2.45, 2.75) is 12.8 Å². The highest BCUT2D eigenvalue weighted by molar-refractivity contribution is 5.75. The Balaban J connectivity index is 1.67. The van der Waals surface area contributed by atoms with Gasteiger partial charge in [-0.1, -0.05) is 53.8 Å². The van der Waals surface area contributed by atoms with Gasteiger partial charge in [-0.15, -0.1) is 5.10 Å². The number of hydrogen-bond donors (Lipinski definition) is 0. The topological polar surface area (TPSA) is 30.7 Å². The molecular formula is C16H15N3. The van der Waals surface area contributed by atoms with Crippen molar-refractivity contribution in [3.05, 3.63) is 66.2 Å². The van der Waals surface area contributed by atoms with Gasteiger partial charge in [0, 0.05) is 6.20 Å². The second kappa shape index (κ2) is 5.48. The molecule has 3 heteroatoms. The fraction of sp³-hybridized carbons (Fsp3) is 0.125. The van der Waals surface area contributed by atoms with Gasteiger partial charge >= 0.3 is 0 Å². The maximum absolute atomic E-state index is 4.12. The van der Waals surface area contributed by atoms with E-state index in [9.17, 15) is 0 Å². The molecule has 3 nitrogen and oxygen atoms in total. The van der Waals surface area contributed by atoms with E-state index in [1.54, 1.807) is 0 Å². The van der Waals surface area contributed by atoms with Crippen LogP contribution in [0.1, 0.15) is 12.0 Å². The Morgan fingerprint density at radius 1 is 0.947 bits per heavy atom. The van der Waals surface area contributed by atoms with Crippen LogP contribution in [0.25, 0.3) is 17.2 Å². The van der Waals surface area contributed by atoms with Crippen molar-refractivity contribution >= 4 is 17.2 Å². The molecule has 0 radical (unpaired) electrons. The van der Waals surface area contributed by atoms with E-state index in [2.05, 4.69) is 40.7 Å².